The van der Waals surface area contributed by atoms with Gasteiger partial charge in [0.2, 0.25) is 11.8 Å². The van der Waals surface area contributed by atoms with E-state index in [1.54, 1.807) is 0 Å². The molecule has 8 nitrogen and oxygen atoms in total. The Morgan fingerprint density at radius 1 is 1.12 bits per heavy atom. The van der Waals surface area contributed by atoms with Crippen LogP contribution in [0.1, 0.15) is 12.8 Å². The van der Waals surface area contributed by atoms with Crippen molar-refractivity contribution in [1.29, 1.82) is 0 Å². The summed E-state index contributed by atoms with van der Waals surface area (Å²) in [4.78, 5) is 42.8. The second-order valence-electron chi connectivity index (χ2n) is 7.88. The molecule has 0 bridgehead atoms. The van der Waals surface area contributed by atoms with E-state index in [0.717, 1.165) is 6.07 Å². The SMILES string of the molecule is O=C(Nc1ccc(Cl)cn1)[C@H]1C[C@H](F)C[C@@H]1C(=O)Nc1ccc(N2CCOCC2=O)cc1F. The molecule has 2 heterocycles. The van der Waals surface area contributed by atoms with Crippen LogP contribution in [0.2, 0.25) is 5.02 Å². The van der Waals surface area contributed by atoms with Crippen molar-refractivity contribution < 1.29 is 27.9 Å². The van der Waals surface area contributed by atoms with Crippen LogP contribution in [0.15, 0.2) is 36.5 Å². The lowest BCUT2D eigenvalue weighted by Gasteiger charge is -2.27. The van der Waals surface area contributed by atoms with Gasteiger partial charge in [0.25, 0.3) is 5.91 Å². The molecule has 1 aromatic carbocycles. The van der Waals surface area contributed by atoms with E-state index in [-0.39, 0.29) is 36.9 Å². The van der Waals surface area contributed by atoms with Gasteiger partial charge >= 0.3 is 0 Å². The third kappa shape index (κ3) is 5.28. The lowest BCUT2D eigenvalue weighted by molar-refractivity contribution is -0.128. The van der Waals surface area contributed by atoms with Crippen LogP contribution in [0.5, 0.6) is 0 Å². The Hall–Kier alpha value is -3.11. The van der Waals surface area contributed by atoms with E-state index in [9.17, 15) is 23.2 Å². The maximum atomic E-state index is 14.7. The maximum absolute atomic E-state index is 14.7. The standard InChI is InChI=1S/C22H21ClF2N4O4/c23-12-1-4-19(26-10-12)28-22(32)16-8-13(24)7-15(16)21(31)27-18-3-2-14(9-17(18)25)29-5-6-33-11-20(29)30/h1-4,9-10,13,15-16H,5-8,11H2,(H,27,31)(H,26,28,32)/t13-,15+,16+/m1/s1. The number of benzene rings is 1. The first-order chi connectivity index (χ1) is 15.8. The summed E-state index contributed by atoms with van der Waals surface area (Å²) in [6.45, 7) is 0.553. The molecule has 11 heteroatoms. The van der Waals surface area contributed by atoms with Gasteiger partial charge in [-0.15, -0.1) is 0 Å². The van der Waals surface area contributed by atoms with Gasteiger partial charge in [0.05, 0.1) is 29.2 Å². The number of aromatic nitrogens is 1. The van der Waals surface area contributed by atoms with Crippen molar-refractivity contribution in [1.82, 2.24) is 4.98 Å². The van der Waals surface area contributed by atoms with Crippen LogP contribution in [0, 0.1) is 17.7 Å². The zero-order valence-corrected chi connectivity index (χ0v) is 18.1. The predicted octanol–water partition coefficient (Wildman–Crippen LogP) is 3.18. The van der Waals surface area contributed by atoms with Gasteiger partial charge in [-0.05, 0) is 43.2 Å². The van der Waals surface area contributed by atoms with E-state index in [4.69, 9.17) is 16.3 Å². The van der Waals surface area contributed by atoms with Crippen molar-refractivity contribution >= 4 is 46.5 Å². The molecule has 2 N–H and O–H groups in total. The van der Waals surface area contributed by atoms with Gasteiger partial charge < -0.3 is 20.3 Å². The number of nitrogens with zero attached hydrogens (tertiary/aromatic N) is 2. The third-order valence-corrected chi connectivity index (χ3v) is 5.89. The van der Waals surface area contributed by atoms with Crippen molar-refractivity contribution in [3.05, 3.63) is 47.4 Å². The number of amides is 3. The molecule has 2 aliphatic rings. The summed E-state index contributed by atoms with van der Waals surface area (Å²) < 4.78 is 33.9. The number of carbonyl (C=O) groups excluding carboxylic acids is 3. The molecule has 1 aliphatic carbocycles. The third-order valence-electron chi connectivity index (χ3n) is 5.67. The minimum absolute atomic E-state index is 0.0822. The monoisotopic (exact) mass is 478 g/mol. The first-order valence-corrected chi connectivity index (χ1v) is 10.7. The highest BCUT2D eigenvalue weighted by Crippen LogP contribution is 2.36. The van der Waals surface area contributed by atoms with Crippen molar-refractivity contribution in [3.63, 3.8) is 0 Å². The highest BCUT2D eigenvalue weighted by atomic mass is 35.5. The summed E-state index contributed by atoms with van der Waals surface area (Å²) >= 11 is 5.78. The summed E-state index contributed by atoms with van der Waals surface area (Å²) in [6.07, 6.45) is -0.266. The zero-order chi connectivity index (χ0) is 23.5. The molecule has 3 atom stereocenters. The topological polar surface area (TPSA) is 101 Å². The molecule has 3 amide bonds. The van der Waals surface area contributed by atoms with E-state index in [2.05, 4.69) is 15.6 Å². The lowest BCUT2D eigenvalue weighted by atomic mass is 9.94. The Bertz CT molecular complexity index is 1070. The number of alkyl halides is 1. The number of rotatable bonds is 5. The highest BCUT2D eigenvalue weighted by Gasteiger charge is 2.43. The van der Waals surface area contributed by atoms with Crippen LogP contribution in [0.4, 0.5) is 26.0 Å². The molecule has 1 saturated carbocycles. The van der Waals surface area contributed by atoms with Crippen LogP contribution in [0.25, 0.3) is 0 Å². The largest absolute Gasteiger partial charge is 0.370 e. The van der Waals surface area contributed by atoms with Gasteiger partial charge in [-0.1, -0.05) is 11.6 Å². The Balaban J connectivity index is 1.44. The fraction of sp³-hybridized carbons (Fsp3) is 0.364. The summed E-state index contributed by atoms with van der Waals surface area (Å²) in [7, 11) is 0. The Morgan fingerprint density at radius 3 is 2.48 bits per heavy atom. The van der Waals surface area contributed by atoms with Crippen molar-refractivity contribution in [3.8, 4) is 0 Å². The van der Waals surface area contributed by atoms with Crippen molar-refractivity contribution in [2.75, 3.05) is 35.3 Å². The molecular weight excluding hydrogens is 458 g/mol. The van der Waals surface area contributed by atoms with Gasteiger partial charge in [0, 0.05) is 18.4 Å². The van der Waals surface area contributed by atoms with Gasteiger partial charge in [-0.25, -0.2) is 13.8 Å². The second kappa shape index (κ2) is 9.80. The van der Waals surface area contributed by atoms with E-state index in [1.807, 2.05) is 0 Å². The molecule has 33 heavy (non-hydrogen) atoms. The molecule has 0 radical (unpaired) electrons. The maximum Gasteiger partial charge on any atom is 0.253 e. The molecule has 0 unspecified atom stereocenters. The van der Waals surface area contributed by atoms with Crippen LogP contribution in [-0.4, -0.2) is 48.6 Å². The normalized spacial score (nSPS) is 22.8. The second-order valence-corrected chi connectivity index (χ2v) is 8.32. The van der Waals surface area contributed by atoms with Gasteiger partial charge in [0.15, 0.2) is 0 Å². The molecule has 4 rings (SSSR count). The Kier molecular flexibility index (Phi) is 6.85. The van der Waals surface area contributed by atoms with Crippen LogP contribution in [0.3, 0.4) is 0 Å². The number of nitrogens with one attached hydrogen (secondary N) is 2. The molecule has 1 aromatic heterocycles. The number of ether oxygens (including phenoxy) is 1. The van der Waals surface area contributed by atoms with E-state index >= 15 is 0 Å². The summed E-state index contributed by atoms with van der Waals surface area (Å²) in [5, 5.41) is 5.40. The summed E-state index contributed by atoms with van der Waals surface area (Å²) in [5.74, 6) is -3.94. The smallest absolute Gasteiger partial charge is 0.253 e. The van der Waals surface area contributed by atoms with E-state index in [0.29, 0.717) is 23.9 Å². The number of carbonyl (C=O) groups is 3. The van der Waals surface area contributed by atoms with Crippen molar-refractivity contribution in [2.24, 2.45) is 11.8 Å². The molecule has 174 valence electrons. The Labute approximate surface area is 193 Å². The predicted molar refractivity (Wildman–Crippen MR) is 117 cm³/mol. The number of halogens is 3. The molecule has 2 fully saturated rings. The first kappa shape index (κ1) is 23.1. The average Bonchev–Trinajstić information content (AvgIpc) is 3.19. The van der Waals surface area contributed by atoms with Crippen LogP contribution < -0.4 is 15.5 Å². The number of morpholine rings is 1. The fourth-order valence-corrected chi connectivity index (χ4v) is 4.13. The summed E-state index contributed by atoms with van der Waals surface area (Å²) in [6, 6.07) is 7.01. The quantitative estimate of drug-likeness (QED) is 0.687. The Morgan fingerprint density at radius 2 is 1.85 bits per heavy atom. The van der Waals surface area contributed by atoms with E-state index in [1.165, 1.54) is 35.4 Å². The van der Waals surface area contributed by atoms with E-state index < -0.39 is 35.6 Å². The lowest BCUT2D eigenvalue weighted by Crippen LogP contribution is -2.41. The number of hydrogen-bond donors (Lipinski definition) is 2. The van der Waals surface area contributed by atoms with Crippen molar-refractivity contribution in [2.45, 2.75) is 19.0 Å². The minimum Gasteiger partial charge on any atom is -0.370 e. The number of anilines is 3. The molecule has 2 aromatic rings. The summed E-state index contributed by atoms with van der Waals surface area (Å²) in [5.41, 5.74) is 0.224. The number of hydrogen-bond acceptors (Lipinski definition) is 5. The zero-order valence-electron chi connectivity index (χ0n) is 17.4. The average molecular weight is 479 g/mol. The van der Waals surface area contributed by atoms with Crippen LogP contribution >= 0.6 is 11.6 Å². The fourth-order valence-electron chi connectivity index (χ4n) is 4.01. The van der Waals surface area contributed by atoms with Gasteiger partial charge in [-0.2, -0.15) is 0 Å². The number of pyridine rings is 1. The minimum atomic E-state index is -1.34. The highest BCUT2D eigenvalue weighted by molar-refractivity contribution is 6.30. The first-order valence-electron chi connectivity index (χ1n) is 10.4. The molecular formula is C22H21ClF2N4O4. The molecule has 0 spiro atoms. The van der Waals surface area contributed by atoms with Gasteiger partial charge in [-0.3, -0.25) is 14.4 Å². The van der Waals surface area contributed by atoms with Crippen LogP contribution in [-0.2, 0) is 19.1 Å². The molecule has 1 saturated heterocycles. The van der Waals surface area contributed by atoms with Gasteiger partial charge in [0.1, 0.15) is 24.4 Å². The molecule has 1 aliphatic heterocycles.